The molecule has 2 aliphatic heterocycles. The van der Waals surface area contributed by atoms with Gasteiger partial charge in [0.25, 0.3) is 0 Å². The van der Waals surface area contributed by atoms with Crippen LogP contribution in [0, 0.1) is 11.8 Å². The minimum absolute atomic E-state index is 0.802. The number of hydrogen-bond acceptors (Lipinski definition) is 3. The smallest absolute Gasteiger partial charge is 0.128 e. The quantitative estimate of drug-likeness (QED) is 0.861. The van der Waals surface area contributed by atoms with Crippen molar-refractivity contribution in [3.63, 3.8) is 0 Å². The number of hydrogen-bond donors (Lipinski definition) is 0. The molecule has 1 aromatic carbocycles. The van der Waals surface area contributed by atoms with E-state index in [0.717, 1.165) is 37.3 Å². The zero-order chi connectivity index (χ0) is 14.1. The summed E-state index contributed by atoms with van der Waals surface area (Å²) >= 11 is 0. The number of nitrogens with zero attached hydrogens (tertiary/aromatic N) is 3. The number of rotatable bonds is 3. The number of likely N-dealkylation sites (tertiary alicyclic amines) is 1. The van der Waals surface area contributed by atoms with Crippen LogP contribution in [0.1, 0.15) is 5.56 Å². The molecule has 2 fully saturated rings. The van der Waals surface area contributed by atoms with Crippen LogP contribution in [0.25, 0.3) is 0 Å². The standard InChI is InChI=1S/C18H21N3/c1-2-6-15(7-3-1)10-20-11-16-13-21(14-17(16)12-20)18-8-4-5-9-19-18/h1-9,16-17H,10-14H2/t16-,17+. The number of fused-ring (bicyclic) bond motifs is 1. The molecule has 0 spiro atoms. The van der Waals surface area contributed by atoms with E-state index in [4.69, 9.17) is 0 Å². The average molecular weight is 279 g/mol. The summed E-state index contributed by atoms with van der Waals surface area (Å²) in [7, 11) is 0. The van der Waals surface area contributed by atoms with Crippen molar-refractivity contribution in [3.8, 4) is 0 Å². The maximum absolute atomic E-state index is 4.49. The second-order valence-corrected chi connectivity index (χ2v) is 6.29. The van der Waals surface area contributed by atoms with Crippen LogP contribution in [0.15, 0.2) is 54.7 Å². The molecule has 3 nitrogen and oxygen atoms in total. The van der Waals surface area contributed by atoms with Crippen molar-refractivity contribution in [3.05, 3.63) is 60.3 Å². The zero-order valence-corrected chi connectivity index (χ0v) is 12.2. The summed E-state index contributed by atoms with van der Waals surface area (Å²) in [6.45, 7) is 5.86. The summed E-state index contributed by atoms with van der Waals surface area (Å²) in [6, 6.07) is 17.0. The van der Waals surface area contributed by atoms with Crippen LogP contribution >= 0.6 is 0 Å². The second-order valence-electron chi connectivity index (χ2n) is 6.29. The van der Waals surface area contributed by atoms with Gasteiger partial charge >= 0.3 is 0 Å². The van der Waals surface area contributed by atoms with E-state index in [1.165, 1.54) is 18.7 Å². The topological polar surface area (TPSA) is 19.4 Å². The van der Waals surface area contributed by atoms with Gasteiger partial charge in [0.1, 0.15) is 5.82 Å². The molecule has 4 rings (SSSR count). The molecule has 21 heavy (non-hydrogen) atoms. The molecular formula is C18H21N3. The molecule has 2 aliphatic rings. The molecular weight excluding hydrogens is 258 g/mol. The molecule has 0 amide bonds. The van der Waals surface area contributed by atoms with E-state index < -0.39 is 0 Å². The lowest BCUT2D eigenvalue weighted by molar-refractivity contribution is 0.309. The zero-order valence-electron chi connectivity index (χ0n) is 12.2. The lowest BCUT2D eigenvalue weighted by Gasteiger charge is -2.22. The van der Waals surface area contributed by atoms with E-state index in [1.54, 1.807) is 0 Å². The van der Waals surface area contributed by atoms with Gasteiger partial charge in [-0.15, -0.1) is 0 Å². The fourth-order valence-electron chi connectivity index (χ4n) is 3.79. The van der Waals surface area contributed by atoms with Gasteiger partial charge in [-0.2, -0.15) is 0 Å². The number of benzene rings is 1. The molecule has 0 aliphatic carbocycles. The van der Waals surface area contributed by atoms with E-state index in [-0.39, 0.29) is 0 Å². The van der Waals surface area contributed by atoms with Gasteiger partial charge < -0.3 is 4.90 Å². The summed E-state index contributed by atoms with van der Waals surface area (Å²) < 4.78 is 0. The van der Waals surface area contributed by atoms with Crippen LogP contribution in [0.4, 0.5) is 5.82 Å². The third-order valence-corrected chi connectivity index (χ3v) is 4.78. The van der Waals surface area contributed by atoms with E-state index in [9.17, 15) is 0 Å². The van der Waals surface area contributed by atoms with Gasteiger partial charge in [-0.25, -0.2) is 4.98 Å². The van der Waals surface area contributed by atoms with Crippen molar-refractivity contribution in [2.75, 3.05) is 31.1 Å². The molecule has 3 heteroatoms. The van der Waals surface area contributed by atoms with Crippen LogP contribution in [0.3, 0.4) is 0 Å². The predicted molar refractivity (Wildman–Crippen MR) is 85.1 cm³/mol. The summed E-state index contributed by atoms with van der Waals surface area (Å²) in [6.07, 6.45) is 1.89. The molecule has 2 aromatic rings. The molecule has 0 unspecified atom stereocenters. The van der Waals surface area contributed by atoms with E-state index >= 15 is 0 Å². The Bertz CT molecular complexity index is 570. The highest BCUT2D eigenvalue weighted by atomic mass is 15.3. The summed E-state index contributed by atoms with van der Waals surface area (Å²) in [4.78, 5) is 9.55. The molecule has 0 bridgehead atoms. The molecule has 108 valence electrons. The summed E-state index contributed by atoms with van der Waals surface area (Å²) in [5.74, 6) is 2.74. The molecule has 2 saturated heterocycles. The van der Waals surface area contributed by atoms with Crippen molar-refractivity contribution in [2.45, 2.75) is 6.54 Å². The lowest BCUT2D eigenvalue weighted by Crippen LogP contribution is -2.28. The lowest BCUT2D eigenvalue weighted by atomic mass is 10.0. The maximum Gasteiger partial charge on any atom is 0.128 e. The number of pyridine rings is 1. The molecule has 2 atom stereocenters. The van der Waals surface area contributed by atoms with Crippen LogP contribution in [-0.2, 0) is 6.54 Å². The van der Waals surface area contributed by atoms with Crippen molar-refractivity contribution in [1.82, 2.24) is 9.88 Å². The Labute approximate surface area is 126 Å². The highest BCUT2D eigenvalue weighted by Gasteiger charge is 2.40. The molecule has 0 saturated carbocycles. The number of anilines is 1. The van der Waals surface area contributed by atoms with Gasteiger partial charge in [-0.05, 0) is 29.5 Å². The first kappa shape index (κ1) is 12.8. The Morgan fingerprint density at radius 3 is 2.24 bits per heavy atom. The third-order valence-electron chi connectivity index (χ3n) is 4.78. The first-order valence-corrected chi connectivity index (χ1v) is 7.81. The van der Waals surface area contributed by atoms with Crippen LogP contribution in [0.5, 0.6) is 0 Å². The third kappa shape index (κ3) is 2.66. The first-order chi connectivity index (χ1) is 10.4. The van der Waals surface area contributed by atoms with Crippen molar-refractivity contribution < 1.29 is 0 Å². The minimum Gasteiger partial charge on any atom is -0.356 e. The SMILES string of the molecule is c1ccc(CN2C[C@@H]3CN(c4ccccn4)C[C@@H]3C2)cc1. The molecule has 1 aromatic heterocycles. The van der Waals surface area contributed by atoms with Gasteiger partial charge in [0, 0.05) is 38.9 Å². The van der Waals surface area contributed by atoms with Crippen molar-refractivity contribution in [1.29, 1.82) is 0 Å². The summed E-state index contributed by atoms with van der Waals surface area (Å²) in [5, 5.41) is 0. The van der Waals surface area contributed by atoms with E-state index in [2.05, 4.69) is 57.2 Å². The Hall–Kier alpha value is -1.87. The maximum atomic E-state index is 4.49. The van der Waals surface area contributed by atoms with Crippen LogP contribution in [0.2, 0.25) is 0 Å². The Morgan fingerprint density at radius 2 is 1.57 bits per heavy atom. The Kier molecular flexibility index (Phi) is 3.36. The Morgan fingerprint density at radius 1 is 0.857 bits per heavy atom. The normalized spacial score (nSPS) is 25.2. The van der Waals surface area contributed by atoms with E-state index in [0.29, 0.717) is 0 Å². The first-order valence-electron chi connectivity index (χ1n) is 7.81. The van der Waals surface area contributed by atoms with Gasteiger partial charge in [-0.1, -0.05) is 36.4 Å². The second kappa shape index (κ2) is 5.49. The van der Waals surface area contributed by atoms with Gasteiger partial charge in [0.15, 0.2) is 0 Å². The molecule has 0 N–H and O–H groups in total. The van der Waals surface area contributed by atoms with Crippen LogP contribution in [-0.4, -0.2) is 36.1 Å². The predicted octanol–water partition coefficient (Wildman–Crippen LogP) is 2.65. The largest absolute Gasteiger partial charge is 0.356 e. The van der Waals surface area contributed by atoms with E-state index in [1.807, 2.05) is 12.3 Å². The van der Waals surface area contributed by atoms with Crippen molar-refractivity contribution in [2.24, 2.45) is 11.8 Å². The number of aromatic nitrogens is 1. The van der Waals surface area contributed by atoms with Gasteiger partial charge in [0.05, 0.1) is 0 Å². The van der Waals surface area contributed by atoms with Crippen LogP contribution < -0.4 is 4.90 Å². The molecule has 0 radical (unpaired) electrons. The van der Waals surface area contributed by atoms with Crippen molar-refractivity contribution >= 4 is 5.82 Å². The Balaban J connectivity index is 1.37. The average Bonchev–Trinajstić information content (AvgIpc) is 3.07. The van der Waals surface area contributed by atoms with Gasteiger partial charge in [-0.3, -0.25) is 4.90 Å². The fourth-order valence-corrected chi connectivity index (χ4v) is 3.79. The monoisotopic (exact) mass is 279 g/mol. The minimum atomic E-state index is 0.802. The highest BCUT2D eigenvalue weighted by Crippen LogP contribution is 2.33. The molecule has 3 heterocycles. The fraction of sp³-hybridized carbons (Fsp3) is 0.389. The highest BCUT2D eigenvalue weighted by molar-refractivity contribution is 5.39. The summed E-state index contributed by atoms with van der Waals surface area (Å²) in [5.41, 5.74) is 1.43. The van der Waals surface area contributed by atoms with Gasteiger partial charge in [0.2, 0.25) is 0 Å².